The Morgan fingerprint density at radius 3 is 2.07 bits per heavy atom. The van der Waals surface area contributed by atoms with Gasteiger partial charge in [0.1, 0.15) is 18.4 Å². The van der Waals surface area contributed by atoms with Crippen molar-refractivity contribution in [3.63, 3.8) is 0 Å². The molecule has 0 bridgehead atoms. The Labute approximate surface area is 248 Å². The molecule has 232 valence electrons. The Balaban J connectivity index is 2.18. The van der Waals surface area contributed by atoms with E-state index in [0.717, 1.165) is 63.4 Å². The van der Waals surface area contributed by atoms with Crippen LogP contribution in [0.4, 0.5) is 0 Å². The first-order valence-electron chi connectivity index (χ1n) is 15.9. The first-order chi connectivity index (χ1) is 19.8. The predicted molar refractivity (Wildman–Crippen MR) is 163 cm³/mol. The zero-order valence-corrected chi connectivity index (χ0v) is 26.1. The van der Waals surface area contributed by atoms with Gasteiger partial charge in [-0.05, 0) is 56.4 Å². The number of hydrogen-bond donors (Lipinski definition) is 1. The van der Waals surface area contributed by atoms with Crippen LogP contribution in [0.2, 0.25) is 0 Å². The van der Waals surface area contributed by atoms with Crippen LogP contribution in [0.3, 0.4) is 0 Å². The molecular weight excluding hydrogens is 518 g/mol. The third-order valence-electron chi connectivity index (χ3n) is 7.24. The molecule has 0 spiro atoms. The van der Waals surface area contributed by atoms with Gasteiger partial charge in [0.2, 0.25) is 5.91 Å². The van der Waals surface area contributed by atoms with Gasteiger partial charge in [0, 0.05) is 19.3 Å². The fraction of sp³-hybridized carbons (Fsp3) is 0.706. The highest BCUT2D eigenvalue weighted by Crippen LogP contribution is 2.18. The van der Waals surface area contributed by atoms with Gasteiger partial charge in [-0.1, -0.05) is 90.1 Å². The van der Waals surface area contributed by atoms with Crippen LogP contribution in [0.5, 0.6) is 0 Å². The van der Waals surface area contributed by atoms with Crippen LogP contribution < -0.4 is 5.32 Å². The molecule has 1 rings (SSSR count). The summed E-state index contributed by atoms with van der Waals surface area (Å²) in [5.74, 6) is -0.303. The molecule has 0 aliphatic carbocycles. The van der Waals surface area contributed by atoms with Gasteiger partial charge in [0.15, 0.2) is 0 Å². The Morgan fingerprint density at radius 2 is 1.41 bits per heavy atom. The van der Waals surface area contributed by atoms with Crippen LogP contribution in [0.1, 0.15) is 130 Å². The topological polar surface area (TPSA) is 98.8 Å². The fourth-order valence-corrected chi connectivity index (χ4v) is 4.71. The number of amides is 1. The quantitative estimate of drug-likeness (QED) is 0.102. The minimum absolute atomic E-state index is 0.103. The SMILES string of the molecule is CCCCCCOC(=O)C(CC(C)C)NC(=O)CCCCC(=O)CCCCCC(CC)C(=O)OCc1ccccc1. The maximum Gasteiger partial charge on any atom is 0.328 e. The third-order valence-corrected chi connectivity index (χ3v) is 7.24. The normalized spacial score (nSPS) is 12.5. The summed E-state index contributed by atoms with van der Waals surface area (Å²) in [5.41, 5.74) is 0.985. The highest BCUT2D eigenvalue weighted by molar-refractivity contribution is 5.84. The molecular formula is C34H55NO6. The Bertz CT molecular complexity index is 869. The van der Waals surface area contributed by atoms with Crippen LogP contribution in [0, 0.1) is 11.8 Å². The molecule has 0 aromatic heterocycles. The lowest BCUT2D eigenvalue weighted by atomic mass is 9.97. The van der Waals surface area contributed by atoms with Crippen LogP contribution in [-0.2, 0) is 35.3 Å². The number of carbonyl (C=O) groups excluding carboxylic acids is 4. The Morgan fingerprint density at radius 1 is 0.756 bits per heavy atom. The minimum Gasteiger partial charge on any atom is -0.464 e. The first kappa shape index (κ1) is 36.3. The highest BCUT2D eigenvalue weighted by Gasteiger charge is 2.23. The van der Waals surface area contributed by atoms with E-state index >= 15 is 0 Å². The van der Waals surface area contributed by atoms with Crippen LogP contribution in [0.15, 0.2) is 30.3 Å². The second-order valence-corrected chi connectivity index (χ2v) is 11.5. The first-order valence-corrected chi connectivity index (χ1v) is 15.9. The van der Waals surface area contributed by atoms with E-state index in [1.807, 2.05) is 51.1 Å². The summed E-state index contributed by atoms with van der Waals surface area (Å²) in [4.78, 5) is 49.6. The van der Waals surface area contributed by atoms with Gasteiger partial charge in [-0.3, -0.25) is 14.4 Å². The van der Waals surface area contributed by atoms with Gasteiger partial charge in [0.05, 0.1) is 12.5 Å². The number of hydrogen-bond acceptors (Lipinski definition) is 6. The van der Waals surface area contributed by atoms with Gasteiger partial charge in [-0.2, -0.15) is 0 Å². The number of rotatable bonds is 24. The Hall–Kier alpha value is -2.70. The van der Waals surface area contributed by atoms with Crippen molar-refractivity contribution in [3.8, 4) is 0 Å². The average molecular weight is 574 g/mol. The van der Waals surface area contributed by atoms with Crippen LogP contribution in [0.25, 0.3) is 0 Å². The van der Waals surface area contributed by atoms with E-state index < -0.39 is 6.04 Å². The number of ether oxygens (including phenoxy) is 2. The van der Waals surface area contributed by atoms with Gasteiger partial charge in [-0.15, -0.1) is 0 Å². The van der Waals surface area contributed by atoms with Crippen molar-refractivity contribution in [1.82, 2.24) is 5.32 Å². The summed E-state index contributed by atoms with van der Waals surface area (Å²) in [6.45, 7) is 8.87. The zero-order chi connectivity index (χ0) is 30.3. The van der Waals surface area contributed by atoms with E-state index in [-0.39, 0.29) is 35.5 Å². The fourth-order valence-electron chi connectivity index (χ4n) is 4.71. The van der Waals surface area contributed by atoms with Gasteiger partial charge in [0.25, 0.3) is 0 Å². The van der Waals surface area contributed by atoms with E-state index in [2.05, 4.69) is 12.2 Å². The van der Waals surface area contributed by atoms with Crippen molar-refractivity contribution >= 4 is 23.6 Å². The summed E-state index contributed by atoms with van der Waals surface area (Å²) in [6.07, 6.45) is 11.4. The summed E-state index contributed by atoms with van der Waals surface area (Å²) in [7, 11) is 0. The molecule has 1 N–H and O–H groups in total. The van der Waals surface area contributed by atoms with E-state index in [1.165, 1.54) is 0 Å². The molecule has 1 aromatic carbocycles. The molecule has 2 atom stereocenters. The molecule has 0 saturated heterocycles. The number of unbranched alkanes of at least 4 members (excludes halogenated alkanes) is 6. The van der Waals surface area contributed by atoms with Crippen molar-refractivity contribution in [2.24, 2.45) is 11.8 Å². The third kappa shape index (κ3) is 18.4. The molecule has 1 aromatic rings. The molecule has 0 aliphatic heterocycles. The molecule has 0 radical (unpaired) electrons. The molecule has 7 heteroatoms. The van der Waals surface area contributed by atoms with Gasteiger partial charge in [-0.25, -0.2) is 4.79 Å². The van der Waals surface area contributed by atoms with Gasteiger partial charge < -0.3 is 14.8 Å². The largest absolute Gasteiger partial charge is 0.464 e. The van der Waals surface area contributed by atoms with E-state index in [9.17, 15) is 19.2 Å². The number of carbonyl (C=O) groups is 4. The lowest BCUT2D eigenvalue weighted by Gasteiger charge is -2.19. The highest BCUT2D eigenvalue weighted by atomic mass is 16.5. The number of esters is 2. The zero-order valence-electron chi connectivity index (χ0n) is 26.1. The number of nitrogens with one attached hydrogen (secondary N) is 1. The second-order valence-electron chi connectivity index (χ2n) is 11.5. The molecule has 0 fully saturated rings. The summed E-state index contributed by atoms with van der Waals surface area (Å²) in [6, 6.07) is 9.07. The molecule has 2 unspecified atom stereocenters. The summed E-state index contributed by atoms with van der Waals surface area (Å²) in [5, 5.41) is 2.84. The molecule has 0 aliphatic rings. The van der Waals surface area contributed by atoms with Gasteiger partial charge >= 0.3 is 11.9 Å². The number of Topliss-reactive ketones (excluding diaryl/α,β-unsaturated/α-hetero) is 1. The van der Waals surface area contributed by atoms with E-state index in [1.54, 1.807) is 0 Å². The molecule has 1 amide bonds. The van der Waals surface area contributed by atoms with E-state index in [0.29, 0.717) is 51.7 Å². The van der Waals surface area contributed by atoms with Crippen molar-refractivity contribution in [2.45, 2.75) is 137 Å². The van der Waals surface area contributed by atoms with Crippen molar-refractivity contribution in [2.75, 3.05) is 6.61 Å². The smallest absolute Gasteiger partial charge is 0.328 e. The lowest BCUT2D eigenvalue weighted by Crippen LogP contribution is -2.42. The predicted octanol–water partition coefficient (Wildman–Crippen LogP) is 7.49. The summed E-state index contributed by atoms with van der Waals surface area (Å²) >= 11 is 0. The molecule has 41 heavy (non-hydrogen) atoms. The molecule has 7 nitrogen and oxygen atoms in total. The van der Waals surface area contributed by atoms with Crippen molar-refractivity contribution in [1.29, 1.82) is 0 Å². The monoisotopic (exact) mass is 573 g/mol. The Kier molecular flexibility index (Phi) is 20.3. The second kappa shape index (κ2) is 22.9. The average Bonchev–Trinajstić information content (AvgIpc) is 2.95. The molecule has 0 saturated carbocycles. The maximum atomic E-state index is 12.5. The standard InChI is InChI=1S/C34H55NO6/c1-5-7-8-17-24-40-34(39)31(25-27(3)4)35-32(37)23-16-15-22-30(36)21-14-10-13-20-29(6-2)33(38)41-26-28-18-11-9-12-19-28/h9,11-12,18-19,27,29,31H,5-8,10,13-17,20-26H2,1-4H3,(H,35,37). The van der Waals surface area contributed by atoms with Crippen LogP contribution >= 0.6 is 0 Å². The van der Waals surface area contributed by atoms with Crippen molar-refractivity contribution < 1.29 is 28.7 Å². The number of ketones is 1. The minimum atomic E-state index is -0.617. The van der Waals surface area contributed by atoms with Crippen LogP contribution in [-0.4, -0.2) is 36.3 Å². The van der Waals surface area contributed by atoms with Crippen molar-refractivity contribution in [3.05, 3.63) is 35.9 Å². The van der Waals surface area contributed by atoms with E-state index in [4.69, 9.17) is 9.47 Å². The maximum absolute atomic E-state index is 12.5. The summed E-state index contributed by atoms with van der Waals surface area (Å²) < 4.78 is 10.9. The lowest BCUT2D eigenvalue weighted by molar-refractivity contribution is -0.150. The molecule has 0 heterocycles. The number of benzene rings is 1.